The Morgan fingerprint density at radius 3 is 2.78 bits per heavy atom. The molecule has 3 aromatic heterocycles. The fraction of sp³-hybridized carbons (Fsp3) is 0.0500. The van der Waals surface area contributed by atoms with Crippen molar-refractivity contribution in [3.63, 3.8) is 0 Å². The zero-order valence-electron chi connectivity index (χ0n) is 14.3. The number of nitrogens with one attached hydrogen (secondary N) is 2. The summed E-state index contributed by atoms with van der Waals surface area (Å²) in [5.74, 6) is 1.76. The van der Waals surface area contributed by atoms with Crippen LogP contribution < -0.4 is 11.1 Å². The number of aromatic nitrogens is 4. The van der Waals surface area contributed by atoms with Crippen molar-refractivity contribution >= 4 is 44.2 Å². The van der Waals surface area contributed by atoms with Gasteiger partial charge < -0.3 is 16.0 Å². The molecule has 0 unspecified atom stereocenters. The fourth-order valence-electron chi connectivity index (χ4n) is 3.13. The van der Waals surface area contributed by atoms with Gasteiger partial charge in [0.15, 0.2) is 0 Å². The van der Waals surface area contributed by atoms with E-state index in [1.165, 1.54) is 10.1 Å². The molecule has 2 aromatic carbocycles. The van der Waals surface area contributed by atoms with Crippen molar-refractivity contribution in [3.8, 4) is 11.3 Å². The van der Waals surface area contributed by atoms with Gasteiger partial charge in [-0.3, -0.25) is 0 Å². The Morgan fingerprint density at radius 1 is 1.00 bits per heavy atom. The minimum Gasteiger partial charge on any atom is -0.368 e. The van der Waals surface area contributed by atoms with E-state index in [1.807, 2.05) is 42.5 Å². The SMILES string of the molecule is Nc1nc(NCc2nc3ccccc3[nH]2)cc(-c2csc3ccccc23)n1. The second-order valence-corrected chi connectivity index (χ2v) is 7.11. The molecule has 132 valence electrons. The van der Waals surface area contributed by atoms with E-state index in [-0.39, 0.29) is 5.95 Å². The molecule has 0 fully saturated rings. The van der Waals surface area contributed by atoms with Gasteiger partial charge in [-0.1, -0.05) is 30.3 Å². The van der Waals surface area contributed by atoms with E-state index in [0.29, 0.717) is 12.4 Å². The van der Waals surface area contributed by atoms with Crippen molar-refractivity contribution < 1.29 is 0 Å². The number of nitrogen functional groups attached to an aromatic ring is 1. The maximum absolute atomic E-state index is 5.96. The van der Waals surface area contributed by atoms with Gasteiger partial charge in [-0.15, -0.1) is 11.3 Å². The molecule has 0 bridgehead atoms. The van der Waals surface area contributed by atoms with Crippen LogP contribution in [0.4, 0.5) is 11.8 Å². The van der Waals surface area contributed by atoms with Gasteiger partial charge >= 0.3 is 0 Å². The smallest absolute Gasteiger partial charge is 0.222 e. The third-order valence-electron chi connectivity index (χ3n) is 4.38. The lowest BCUT2D eigenvalue weighted by Crippen LogP contribution is -2.06. The van der Waals surface area contributed by atoms with Crippen LogP contribution in [0.25, 0.3) is 32.4 Å². The molecule has 0 saturated heterocycles. The summed E-state index contributed by atoms with van der Waals surface area (Å²) in [6, 6.07) is 18.2. The van der Waals surface area contributed by atoms with Gasteiger partial charge in [-0.2, -0.15) is 4.98 Å². The van der Waals surface area contributed by atoms with Gasteiger partial charge in [0.05, 0.1) is 23.3 Å². The molecule has 0 saturated carbocycles. The predicted octanol–water partition coefficient (Wildman–Crippen LogP) is 4.43. The Morgan fingerprint density at radius 2 is 1.85 bits per heavy atom. The van der Waals surface area contributed by atoms with Gasteiger partial charge in [0, 0.05) is 27.1 Å². The van der Waals surface area contributed by atoms with Crippen LogP contribution in [-0.4, -0.2) is 19.9 Å². The van der Waals surface area contributed by atoms with Crippen molar-refractivity contribution in [3.05, 3.63) is 65.8 Å². The molecule has 6 nitrogen and oxygen atoms in total. The van der Waals surface area contributed by atoms with E-state index < -0.39 is 0 Å². The molecule has 27 heavy (non-hydrogen) atoms. The Kier molecular flexibility index (Phi) is 3.72. The maximum Gasteiger partial charge on any atom is 0.222 e. The van der Waals surface area contributed by atoms with Gasteiger partial charge in [0.25, 0.3) is 0 Å². The van der Waals surface area contributed by atoms with Crippen molar-refractivity contribution in [1.82, 2.24) is 19.9 Å². The molecule has 3 heterocycles. The number of fused-ring (bicyclic) bond motifs is 2. The first-order chi connectivity index (χ1) is 13.3. The second kappa shape index (κ2) is 6.37. The summed E-state index contributed by atoms with van der Waals surface area (Å²) in [7, 11) is 0. The quantitative estimate of drug-likeness (QED) is 0.434. The van der Waals surface area contributed by atoms with Crippen LogP contribution in [0.5, 0.6) is 0 Å². The topological polar surface area (TPSA) is 92.5 Å². The maximum atomic E-state index is 5.96. The number of aromatic amines is 1. The van der Waals surface area contributed by atoms with Gasteiger partial charge in [-0.25, -0.2) is 9.97 Å². The minimum atomic E-state index is 0.245. The van der Waals surface area contributed by atoms with E-state index in [9.17, 15) is 0 Å². The van der Waals surface area contributed by atoms with Crippen LogP contribution in [0.3, 0.4) is 0 Å². The van der Waals surface area contributed by atoms with E-state index in [4.69, 9.17) is 5.73 Å². The zero-order valence-corrected chi connectivity index (χ0v) is 15.1. The Labute approximate surface area is 159 Å². The van der Waals surface area contributed by atoms with E-state index in [1.54, 1.807) is 11.3 Å². The van der Waals surface area contributed by atoms with E-state index in [2.05, 4.69) is 42.8 Å². The third kappa shape index (κ3) is 2.98. The number of H-pyrrole nitrogens is 1. The number of imidazole rings is 1. The van der Waals surface area contributed by atoms with Gasteiger partial charge in [-0.05, 0) is 18.2 Å². The molecule has 0 aliphatic heterocycles. The van der Waals surface area contributed by atoms with Crippen LogP contribution >= 0.6 is 11.3 Å². The van der Waals surface area contributed by atoms with Crippen molar-refractivity contribution in [2.45, 2.75) is 6.54 Å². The summed E-state index contributed by atoms with van der Waals surface area (Å²) in [4.78, 5) is 16.6. The number of hydrogen-bond donors (Lipinski definition) is 3. The normalized spacial score (nSPS) is 11.3. The Hall–Kier alpha value is -3.45. The van der Waals surface area contributed by atoms with Crippen LogP contribution in [0.15, 0.2) is 60.0 Å². The number of nitrogens with two attached hydrogens (primary N) is 1. The average molecular weight is 372 g/mol. The molecule has 5 rings (SSSR count). The van der Waals surface area contributed by atoms with E-state index >= 15 is 0 Å². The van der Waals surface area contributed by atoms with Crippen LogP contribution in [-0.2, 0) is 6.54 Å². The van der Waals surface area contributed by atoms with Gasteiger partial charge in [0.2, 0.25) is 5.95 Å². The molecular weight excluding hydrogens is 356 g/mol. The summed E-state index contributed by atoms with van der Waals surface area (Å²) in [6.07, 6.45) is 0. The largest absolute Gasteiger partial charge is 0.368 e. The molecule has 5 aromatic rings. The number of anilines is 2. The highest BCUT2D eigenvalue weighted by molar-refractivity contribution is 7.17. The Balaban J connectivity index is 1.45. The summed E-state index contributed by atoms with van der Waals surface area (Å²) >= 11 is 1.70. The van der Waals surface area contributed by atoms with Crippen molar-refractivity contribution in [2.24, 2.45) is 0 Å². The zero-order chi connectivity index (χ0) is 18.2. The molecule has 0 radical (unpaired) electrons. The van der Waals surface area contributed by atoms with Crippen LogP contribution in [0, 0.1) is 0 Å². The second-order valence-electron chi connectivity index (χ2n) is 6.20. The lowest BCUT2D eigenvalue weighted by molar-refractivity contribution is 0.994. The molecule has 0 spiro atoms. The monoisotopic (exact) mass is 372 g/mol. The number of nitrogens with zero attached hydrogens (tertiary/aromatic N) is 3. The minimum absolute atomic E-state index is 0.245. The lowest BCUT2D eigenvalue weighted by atomic mass is 10.1. The summed E-state index contributed by atoms with van der Waals surface area (Å²) in [6.45, 7) is 0.523. The highest BCUT2D eigenvalue weighted by Crippen LogP contribution is 2.33. The first kappa shape index (κ1) is 15.8. The fourth-order valence-corrected chi connectivity index (χ4v) is 4.09. The standard InChI is InChI=1S/C20H16N6S/c21-20-25-16(13-11-27-17-8-4-1-5-12(13)17)9-18(26-20)22-10-19-23-14-6-2-3-7-15(14)24-19/h1-9,11H,10H2,(H,23,24)(H3,21,22,25,26). The van der Waals surface area contributed by atoms with E-state index in [0.717, 1.165) is 28.1 Å². The molecule has 7 heteroatoms. The third-order valence-corrected chi connectivity index (χ3v) is 5.34. The number of benzene rings is 2. The molecule has 0 aliphatic rings. The summed E-state index contributed by atoms with van der Waals surface area (Å²) < 4.78 is 1.22. The summed E-state index contributed by atoms with van der Waals surface area (Å²) in [5.41, 5.74) is 9.80. The first-order valence-corrected chi connectivity index (χ1v) is 9.43. The number of hydrogen-bond acceptors (Lipinski definition) is 6. The highest BCUT2D eigenvalue weighted by Gasteiger charge is 2.11. The average Bonchev–Trinajstić information content (AvgIpc) is 3.29. The highest BCUT2D eigenvalue weighted by atomic mass is 32.1. The van der Waals surface area contributed by atoms with Crippen molar-refractivity contribution in [1.29, 1.82) is 0 Å². The Bertz CT molecular complexity index is 1220. The molecule has 0 atom stereocenters. The molecular formula is C20H16N6S. The van der Waals surface area contributed by atoms with Crippen LogP contribution in [0.2, 0.25) is 0 Å². The van der Waals surface area contributed by atoms with Crippen LogP contribution in [0.1, 0.15) is 5.82 Å². The van der Waals surface area contributed by atoms with Gasteiger partial charge in [0.1, 0.15) is 11.6 Å². The number of thiophene rings is 1. The number of para-hydroxylation sites is 2. The lowest BCUT2D eigenvalue weighted by Gasteiger charge is -2.07. The molecule has 0 aliphatic carbocycles. The first-order valence-electron chi connectivity index (χ1n) is 8.55. The number of rotatable bonds is 4. The van der Waals surface area contributed by atoms with Crippen molar-refractivity contribution in [2.75, 3.05) is 11.1 Å². The molecule has 0 amide bonds. The predicted molar refractivity (Wildman–Crippen MR) is 111 cm³/mol. The molecule has 4 N–H and O–H groups in total. The summed E-state index contributed by atoms with van der Waals surface area (Å²) in [5, 5.41) is 6.57.